The molecule has 2 aromatic heterocycles. The van der Waals surface area contributed by atoms with Crippen molar-refractivity contribution < 1.29 is 0 Å². The second-order valence-corrected chi connectivity index (χ2v) is 4.71. The van der Waals surface area contributed by atoms with Gasteiger partial charge in [-0.2, -0.15) is 0 Å². The molecule has 1 saturated heterocycles. The van der Waals surface area contributed by atoms with E-state index < -0.39 is 0 Å². The second kappa shape index (κ2) is 4.45. The predicted octanol–water partition coefficient (Wildman–Crippen LogP) is 1.84. The number of rotatable bonds is 3. The van der Waals surface area contributed by atoms with Crippen molar-refractivity contribution in [3.8, 4) is 0 Å². The maximum atomic E-state index is 4.54. The van der Waals surface area contributed by atoms with Gasteiger partial charge in [-0.05, 0) is 45.0 Å². The zero-order chi connectivity index (χ0) is 11.7. The zero-order valence-corrected chi connectivity index (χ0v) is 10.3. The number of pyridine rings is 1. The summed E-state index contributed by atoms with van der Waals surface area (Å²) in [6, 6.07) is 3.97. The topological polar surface area (TPSA) is 34.0 Å². The molecule has 90 valence electrons. The van der Waals surface area contributed by atoms with E-state index in [1.165, 1.54) is 25.9 Å². The molecule has 0 amide bonds. The number of imidazole rings is 1. The van der Waals surface area contributed by atoms with E-state index in [0.29, 0.717) is 0 Å². The highest BCUT2D eigenvalue weighted by molar-refractivity contribution is 5.70. The molecule has 3 heterocycles. The first kappa shape index (κ1) is 10.7. The minimum atomic E-state index is 0.999. The Kier molecular flexibility index (Phi) is 2.81. The predicted molar refractivity (Wildman–Crippen MR) is 67.9 cm³/mol. The van der Waals surface area contributed by atoms with Crippen molar-refractivity contribution in [3.63, 3.8) is 0 Å². The van der Waals surface area contributed by atoms with Crippen LogP contribution in [0.4, 0.5) is 0 Å². The molecule has 0 aliphatic carbocycles. The van der Waals surface area contributed by atoms with E-state index in [2.05, 4.69) is 26.4 Å². The van der Waals surface area contributed by atoms with Crippen molar-refractivity contribution >= 4 is 11.2 Å². The molecule has 3 rings (SSSR count). The summed E-state index contributed by atoms with van der Waals surface area (Å²) in [6.45, 7) is 6.67. The summed E-state index contributed by atoms with van der Waals surface area (Å²) in [4.78, 5) is 11.5. The summed E-state index contributed by atoms with van der Waals surface area (Å²) in [7, 11) is 0. The molecule has 0 bridgehead atoms. The van der Waals surface area contributed by atoms with Gasteiger partial charge in [0.1, 0.15) is 11.3 Å². The van der Waals surface area contributed by atoms with Crippen molar-refractivity contribution in [2.45, 2.75) is 26.3 Å². The number of nitrogens with zero attached hydrogens (tertiary/aromatic N) is 4. The van der Waals surface area contributed by atoms with Crippen LogP contribution in [0, 0.1) is 6.92 Å². The number of hydrogen-bond acceptors (Lipinski definition) is 3. The van der Waals surface area contributed by atoms with E-state index in [9.17, 15) is 0 Å². The van der Waals surface area contributed by atoms with Crippen LogP contribution in [0.15, 0.2) is 18.3 Å². The van der Waals surface area contributed by atoms with Crippen LogP contribution in [-0.2, 0) is 6.54 Å². The van der Waals surface area contributed by atoms with E-state index in [1.807, 2.05) is 18.3 Å². The Bertz CT molecular complexity index is 511. The van der Waals surface area contributed by atoms with Gasteiger partial charge in [0.2, 0.25) is 0 Å². The van der Waals surface area contributed by atoms with E-state index in [4.69, 9.17) is 0 Å². The third-order valence-electron chi connectivity index (χ3n) is 3.53. The highest BCUT2D eigenvalue weighted by Gasteiger charge is 2.13. The Labute approximate surface area is 101 Å². The van der Waals surface area contributed by atoms with Crippen LogP contribution in [0.1, 0.15) is 18.7 Å². The van der Waals surface area contributed by atoms with Crippen LogP contribution in [0.3, 0.4) is 0 Å². The first-order valence-corrected chi connectivity index (χ1v) is 6.35. The van der Waals surface area contributed by atoms with Crippen LogP contribution in [0.25, 0.3) is 11.2 Å². The van der Waals surface area contributed by atoms with E-state index >= 15 is 0 Å². The summed E-state index contributed by atoms with van der Waals surface area (Å²) in [5.74, 6) is 1.07. The molecule has 1 fully saturated rings. The molecule has 0 atom stereocenters. The zero-order valence-electron chi connectivity index (χ0n) is 10.3. The second-order valence-electron chi connectivity index (χ2n) is 4.71. The first-order chi connectivity index (χ1) is 8.34. The maximum Gasteiger partial charge on any atom is 0.160 e. The summed E-state index contributed by atoms with van der Waals surface area (Å²) >= 11 is 0. The summed E-state index contributed by atoms with van der Waals surface area (Å²) < 4.78 is 2.23. The van der Waals surface area contributed by atoms with Gasteiger partial charge in [0.25, 0.3) is 0 Å². The number of likely N-dealkylation sites (tertiary alicyclic amines) is 1. The summed E-state index contributed by atoms with van der Waals surface area (Å²) in [5.41, 5.74) is 2.02. The fourth-order valence-electron chi connectivity index (χ4n) is 2.59. The van der Waals surface area contributed by atoms with Crippen LogP contribution in [0.2, 0.25) is 0 Å². The minimum absolute atomic E-state index is 0.999. The molecule has 4 heteroatoms. The highest BCUT2D eigenvalue weighted by Crippen LogP contribution is 2.14. The van der Waals surface area contributed by atoms with Crippen LogP contribution < -0.4 is 0 Å². The van der Waals surface area contributed by atoms with Crippen molar-refractivity contribution in [1.82, 2.24) is 19.4 Å². The number of aromatic nitrogens is 3. The number of hydrogen-bond donors (Lipinski definition) is 0. The minimum Gasteiger partial charge on any atom is -0.312 e. The van der Waals surface area contributed by atoms with Crippen LogP contribution in [0.5, 0.6) is 0 Å². The Morgan fingerprint density at radius 1 is 1.24 bits per heavy atom. The van der Waals surface area contributed by atoms with Gasteiger partial charge >= 0.3 is 0 Å². The Balaban J connectivity index is 1.81. The van der Waals surface area contributed by atoms with Gasteiger partial charge < -0.3 is 9.47 Å². The third kappa shape index (κ3) is 2.05. The monoisotopic (exact) mass is 230 g/mol. The van der Waals surface area contributed by atoms with Gasteiger partial charge in [-0.15, -0.1) is 0 Å². The lowest BCUT2D eigenvalue weighted by molar-refractivity contribution is 0.323. The van der Waals surface area contributed by atoms with Gasteiger partial charge in [0, 0.05) is 19.3 Å². The van der Waals surface area contributed by atoms with E-state index in [0.717, 1.165) is 30.1 Å². The molecular formula is C13H18N4. The maximum absolute atomic E-state index is 4.54. The Morgan fingerprint density at radius 2 is 2.06 bits per heavy atom. The summed E-state index contributed by atoms with van der Waals surface area (Å²) in [6.07, 6.45) is 4.54. The first-order valence-electron chi connectivity index (χ1n) is 6.35. The molecule has 0 unspecified atom stereocenters. The normalized spacial score (nSPS) is 17.0. The van der Waals surface area contributed by atoms with Crippen LogP contribution >= 0.6 is 0 Å². The number of aryl methyl sites for hydroxylation is 1. The van der Waals surface area contributed by atoms with Crippen molar-refractivity contribution in [3.05, 3.63) is 24.2 Å². The largest absolute Gasteiger partial charge is 0.312 e. The SMILES string of the molecule is Cc1nc2cccnc2n1CCN1CCCC1. The standard InChI is InChI=1S/C13H18N4/c1-11-15-12-5-4-6-14-13(12)17(11)10-9-16-7-2-3-8-16/h4-6H,2-3,7-10H2,1H3. The molecule has 17 heavy (non-hydrogen) atoms. The lowest BCUT2D eigenvalue weighted by Crippen LogP contribution is -2.24. The molecule has 0 N–H and O–H groups in total. The summed E-state index contributed by atoms with van der Waals surface area (Å²) in [5, 5.41) is 0. The van der Waals surface area contributed by atoms with E-state index in [1.54, 1.807) is 0 Å². The van der Waals surface area contributed by atoms with Gasteiger partial charge in [0.15, 0.2) is 5.65 Å². The molecule has 4 nitrogen and oxygen atoms in total. The van der Waals surface area contributed by atoms with Gasteiger partial charge in [-0.25, -0.2) is 9.97 Å². The van der Waals surface area contributed by atoms with Gasteiger partial charge in [-0.3, -0.25) is 0 Å². The van der Waals surface area contributed by atoms with Crippen molar-refractivity contribution in [2.75, 3.05) is 19.6 Å². The molecule has 0 radical (unpaired) electrons. The quantitative estimate of drug-likeness (QED) is 0.806. The fraction of sp³-hybridized carbons (Fsp3) is 0.538. The fourth-order valence-corrected chi connectivity index (χ4v) is 2.59. The van der Waals surface area contributed by atoms with Gasteiger partial charge in [0.05, 0.1) is 0 Å². The molecule has 0 spiro atoms. The average molecular weight is 230 g/mol. The molecule has 1 aliphatic rings. The Hall–Kier alpha value is -1.42. The third-order valence-corrected chi connectivity index (χ3v) is 3.53. The lowest BCUT2D eigenvalue weighted by atomic mass is 10.4. The molecule has 0 saturated carbocycles. The molecule has 1 aliphatic heterocycles. The highest BCUT2D eigenvalue weighted by atomic mass is 15.2. The van der Waals surface area contributed by atoms with Crippen LogP contribution in [-0.4, -0.2) is 39.1 Å². The molecule has 2 aromatic rings. The smallest absolute Gasteiger partial charge is 0.160 e. The lowest BCUT2D eigenvalue weighted by Gasteiger charge is -2.15. The Morgan fingerprint density at radius 3 is 2.88 bits per heavy atom. The van der Waals surface area contributed by atoms with Crippen molar-refractivity contribution in [2.24, 2.45) is 0 Å². The van der Waals surface area contributed by atoms with Crippen molar-refractivity contribution in [1.29, 1.82) is 0 Å². The van der Waals surface area contributed by atoms with E-state index in [-0.39, 0.29) is 0 Å². The average Bonchev–Trinajstić information content (AvgIpc) is 2.93. The van der Waals surface area contributed by atoms with Gasteiger partial charge in [-0.1, -0.05) is 0 Å². The number of fused-ring (bicyclic) bond motifs is 1. The molecule has 0 aromatic carbocycles. The molecular weight excluding hydrogens is 212 g/mol.